The molecule has 0 bridgehead atoms. The van der Waals surface area contributed by atoms with Gasteiger partial charge in [0, 0.05) is 0 Å². The number of hydrogen-bond acceptors (Lipinski definition) is 2. The van der Waals surface area contributed by atoms with Gasteiger partial charge in [0.25, 0.3) is 0 Å². The third-order valence-electron chi connectivity index (χ3n) is 1.99. The third-order valence-corrected chi connectivity index (χ3v) is 1.99. The number of ketones is 1. The lowest BCUT2D eigenvalue weighted by molar-refractivity contribution is -0.114. The summed E-state index contributed by atoms with van der Waals surface area (Å²) in [5.74, 6) is 0.679. The smallest absolute Gasteiger partial charge is 0.126 e. The van der Waals surface area contributed by atoms with Gasteiger partial charge >= 0.3 is 0 Å². The number of carbonyl (C=O) groups excluding carboxylic acids is 1. The first kappa shape index (κ1) is 14.1. The van der Waals surface area contributed by atoms with Crippen LogP contribution in [-0.2, 0) is 4.79 Å². The lowest BCUT2D eigenvalue weighted by Crippen LogP contribution is -2.22. The minimum Gasteiger partial charge on any atom is -0.386 e. The summed E-state index contributed by atoms with van der Waals surface area (Å²) in [5, 5.41) is 9.67. The molecule has 0 spiro atoms. The molecule has 0 aliphatic heterocycles. The fourth-order valence-electron chi connectivity index (χ4n) is 1.26. The fourth-order valence-corrected chi connectivity index (χ4v) is 1.26. The Balaban J connectivity index is 0.000000423. The lowest BCUT2D eigenvalue weighted by atomic mass is 9.89. The predicted molar refractivity (Wildman–Crippen MR) is 63.7 cm³/mol. The molecule has 0 radical (unpaired) electrons. The van der Waals surface area contributed by atoms with Gasteiger partial charge in [-0.15, -0.1) is 0 Å². The van der Waals surface area contributed by atoms with E-state index in [1.54, 1.807) is 0 Å². The first-order chi connectivity index (χ1) is 6.74. The fraction of sp³-hybridized carbons (Fsp3) is 0.615. The number of rotatable bonds is 1. The summed E-state index contributed by atoms with van der Waals surface area (Å²) in [6, 6.07) is 0. The Morgan fingerprint density at radius 1 is 1.47 bits per heavy atom. The number of allylic oxidation sites excluding steroid dienone is 2. The highest BCUT2D eigenvalue weighted by Crippen LogP contribution is 2.24. The van der Waals surface area contributed by atoms with Gasteiger partial charge in [-0.3, -0.25) is 0 Å². The van der Waals surface area contributed by atoms with Crippen LogP contribution >= 0.6 is 0 Å². The molecule has 0 aromatic heterocycles. The highest BCUT2D eigenvalue weighted by atomic mass is 16.3. The van der Waals surface area contributed by atoms with E-state index >= 15 is 0 Å². The van der Waals surface area contributed by atoms with Gasteiger partial charge in [-0.1, -0.05) is 26.0 Å². The molecule has 2 heteroatoms. The third kappa shape index (κ3) is 7.09. The topological polar surface area (TPSA) is 37.3 Å². The Bertz CT molecular complexity index is 266. The summed E-state index contributed by atoms with van der Waals surface area (Å²) >= 11 is 0. The summed E-state index contributed by atoms with van der Waals surface area (Å²) in [7, 11) is 0. The second-order valence-corrected chi connectivity index (χ2v) is 4.67. The number of hydrogen-bond donors (Lipinski definition) is 1. The van der Waals surface area contributed by atoms with Crippen molar-refractivity contribution in [3.63, 3.8) is 0 Å². The van der Waals surface area contributed by atoms with Gasteiger partial charge in [0.2, 0.25) is 0 Å². The summed E-state index contributed by atoms with van der Waals surface area (Å²) in [6.45, 7) is 9.17. The van der Waals surface area contributed by atoms with Crippen molar-refractivity contribution < 1.29 is 9.90 Å². The Hall–Kier alpha value is -0.890. The Morgan fingerprint density at radius 3 is 2.20 bits per heavy atom. The second kappa shape index (κ2) is 5.86. The normalized spacial score (nSPS) is 24.3. The van der Waals surface area contributed by atoms with Crippen molar-refractivity contribution in [1.29, 1.82) is 0 Å². The molecular formula is C13H22O2. The first-order valence-electron chi connectivity index (χ1n) is 5.33. The van der Waals surface area contributed by atoms with Crippen LogP contribution in [0.15, 0.2) is 23.8 Å². The van der Waals surface area contributed by atoms with Crippen molar-refractivity contribution in [3.05, 3.63) is 23.8 Å². The largest absolute Gasteiger partial charge is 0.386 e. The Kier molecular flexibility index (Phi) is 5.51. The summed E-state index contributed by atoms with van der Waals surface area (Å²) in [4.78, 5) is 9.44. The van der Waals surface area contributed by atoms with Crippen molar-refractivity contribution in [2.24, 2.45) is 5.92 Å². The average molecular weight is 210 g/mol. The first-order valence-corrected chi connectivity index (χ1v) is 5.33. The Labute approximate surface area is 92.7 Å². The molecule has 0 aromatic rings. The highest BCUT2D eigenvalue weighted by Gasteiger charge is 2.19. The number of aliphatic hydroxyl groups is 1. The van der Waals surface area contributed by atoms with Gasteiger partial charge in [-0.2, -0.15) is 0 Å². The molecule has 2 nitrogen and oxygen atoms in total. The molecule has 0 heterocycles. The molecule has 1 unspecified atom stereocenters. The quantitative estimate of drug-likeness (QED) is 0.722. The van der Waals surface area contributed by atoms with E-state index in [0.717, 1.165) is 6.42 Å². The van der Waals surface area contributed by atoms with E-state index in [-0.39, 0.29) is 5.78 Å². The van der Waals surface area contributed by atoms with Crippen LogP contribution in [0.1, 0.15) is 41.0 Å². The van der Waals surface area contributed by atoms with Gasteiger partial charge < -0.3 is 9.90 Å². The molecule has 0 aromatic carbocycles. The molecule has 15 heavy (non-hydrogen) atoms. The summed E-state index contributed by atoms with van der Waals surface area (Å²) in [5.41, 5.74) is 0.621. The summed E-state index contributed by atoms with van der Waals surface area (Å²) < 4.78 is 0. The molecule has 86 valence electrons. The maximum absolute atomic E-state index is 9.67. The van der Waals surface area contributed by atoms with Crippen molar-refractivity contribution in [2.45, 2.75) is 46.6 Å². The molecule has 1 atom stereocenters. The number of carbonyl (C=O) groups is 1. The SMILES string of the molecule is CC(C)=O.CC(C)C1=CC(C)(O)CC=C1. The van der Waals surface area contributed by atoms with Crippen LogP contribution in [0.3, 0.4) is 0 Å². The minimum absolute atomic E-state index is 0.167. The second-order valence-electron chi connectivity index (χ2n) is 4.67. The van der Waals surface area contributed by atoms with Crippen LogP contribution in [0.4, 0.5) is 0 Å². The van der Waals surface area contributed by atoms with Gasteiger partial charge in [0.15, 0.2) is 0 Å². The van der Waals surface area contributed by atoms with Gasteiger partial charge in [0.05, 0.1) is 5.60 Å². The van der Waals surface area contributed by atoms with E-state index in [0.29, 0.717) is 5.92 Å². The minimum atomic E-state index is -0.617. The van der Waals surface area contributed by atoms with Crippen LogP contribution < -0.4 is 0 Å². The van der Waals surface area contributed by atoms with Crippen molar-refractivity contribution in [3.8, 4) is 0 Å². The number of Topliss-reactive ketones (excluding diaryl/α,β-unsaturated/α-hetero) is 1. The van der Waals surface area contributed by atoms with E-state index in [9.17, 15) is 9.90 Å². The zero-order valence-electron chi connectivity index (χ0n) is 10.4. The molecular weight excluding hydrogens is 188 g/mol. The summed E-state index contributed by atoms with van der Waals surface area (Å²) in [6.07, 6.45) is 6.83. The van der Waals surface area contributed by atoms with Crippen molar-refractivity contribution in [2.75, 3.05) is 0 Å². The zero-order valence-corrected chi connectivity index (χ0v) is 10.4. The molecule has 0 fully saturated rings. The Morgan fingerprint density at radius 2 is 1.93 bits per heavy atom. The van der Waals surface area contributed by atoms with E-state index < -0.39 is 5.60 Å². The maximum Gasteiger partial charge on any atom is 0.126 e. The van der Waals surface area contributed by atoms with Gasteiger partial charge in [-0.05, 0) is 44.8 Å². The molecule has 1 N–H and O–H groups in total. The molecule has 1 aliphatic rings. The van der Waals surface area contributed by atoms with E-state index in [2.05, 4.69) is 19.9 Å². The zero-order chi connectivity index (χ0) is 12.1. The maximum atomic E-state index is 9.67. The van der Waals surface area contributed by atoms with Crippen LogP contribution in [0.25, 0.3) is 0 Å². The standard InChI is InChI=1S/C10H16O.C3H6O/c1-8(2)9-5-4-6-10(3,11)7-9;1-3(2)4/h4-5,7-8,11H,6H2,1-3H3;1-2H3. The molecule has 0 amide bonds. The average Bonchev–Trinajstić information content (AvgIpc) is 2.00. The molecule has 1 rings (SSSR count). The predicted octanol–water partition coefficient (Wildman–Crippen LogP) is 2.88. The van der Waals surface area contributed by atoms with Crippen LogP contribution in [-0.4, -0.2) is 16.5 Å². The van der Waals surface area contributed by atoms with Crippen molar-refractivity contribution >= 4 is 5.78 Å². The van der Waals surface area contributed by atoms with Gasteiger partial charge in [-0.25, -0.2) is 0 Å². The van der Waals surface area contributed by atoms with Crippen LogP contribution in [0.2, 0.25) is 0 Å². The van der Waals surface area contributed by atoms with Gasteiger partial charge in [0.1, 0.15) is 5.78 Å². The van der Waals surface area contributed by atoms with Crippen LogP contribution in [0, 0.1) is 5.92 Å². The van der Waals surface area contributed by atoms with Crippen LogP contribution in [0.5, 0.6) is 0 Å². The molecule has 0 saturated carbocycles. The molecule has 0 saturated heterocycles. The monoisotopic (exact) mass is 210 g/mol. The lowest BCUT2D eigenvalue weighted by Gasteiger charge is -2.23. The van der Waals surface area contributed by atoms with E-state index in [4.69, 9.17) is 0 Å². The highest BCUT2D eigenvalue weighted by molar-refractivity contribution is 5.72. The van der Waals surface area contributed by atoms with E-state index in [1.807, 2.05) is 19.1 Å². The van der Waals surface area contributed by atoms with E-state index in [1.165, 1.54) is 19.4 Å². The molecule has 1 aliphatic carbocycles. The van der Waals surface area contributed by atoms with Crippen molar-refractivity contribution in [1.82, 2.24) is 0 Å².